The Morgan fingerprint density at radius 2 is 2.26 bits per heavy atom. The Bertz CT molecular complexity index is 423. The molecule has 3 nitrogen and oxygen atoms in total. The molecule has 1 unspecified atom stereocenters. The Labute approximate surface area is 120 Å². The van der Waals surface area contributed by atoms with Crippen LogP contribution in [0.1, 0.15) is 25.8 Å². The molecule has 0 aliphatic carbocycles. The summed E-state index contributed by atoms with van der Waals surface area (Å²) in [7, 11) is 0. The number of aliphatic hydroxyl groups is 1. The first-order chi connectivity index (χ1) is 9.10. The second-order valence-corrected chi connectivity index (χ2v) is 6.00. The largest absolute Gasteiger partial charge is 0.396 e. The Morgan fingerprint density at radius 1 is 1.47 bits per heavy atom. The molecule has 1 fully saturated rings. The Morgan fingerprint density at radius 3 is 2.84 bits per heavy atom. The van der Waals surface area contributed by atoms with E-state index in [1.807, 2.05) is 6.07 Å². The second-order valence-electron chi connectivity index (χ2n) is 5.59. The summed E-state index contributed by atoms with van der Waals surface area (Å²) in [5.74, 6) is 0.404. The number of halogens is 1. The lowest BCUT2D eigenvalue weighted by molar-refractivity contribution is 0.238. The molecule has 106 valence electrons. The first-order valence-electron chi connectivity index (χ1n) is 6.97. The summed E-state index contributed by atoms with van der Waals surface area (Å²) in [6.07, 6.45) is 1.06. The van der Waals surface area contributed by atoms with Crippen molar-refractivity contribution in [3.63, 3.8) is 0 Å². The number of benzene rings is 1. The van der Waals surface area contributed by atoms with Crippen LogP contribution in [0, 0.1) is 5.92 Å². The predicted molar refractivity (Wildman–Crippen MR) is 80.8 cm³/mol. The molecule has 1 aliphatic heterocycles. The average molecular weight is 283 g/mol. The first kappa shape index (κ1) is 14.6. The summed E-state index contributed by atoms with van der Waals surface area (Å²) in [4.78, 5) is 2.30. The van der Waals surface area contributed by atoms with Gasteiger partial charge in [0, 0.05) is 48.9 Å². The maximum atomic E-state index is 9.19. The molecule has 0 bridgehead atoms. The molecule has 19 heavy (non-hydrogen) atoms. The van der Waals surface area contributed by atoms with Crippen molar-refractivity contribution < 1.29 is 5.11 Å². The second kappa shape index (κ2) is 6.60. The number of rotatable bonds is 5. The number of aliphatic hydroxyl groups excluding tert-OH is 1. The van der Waals surface area contributed by atoms with E-state index in [2.05, 4.69) is 36.2 Å². The van der Waals surface area contributed by atoms with Gasteiger partial charge in [-0.2, -0.15) is 0 Å². The molecule has 1 aromatic carbocycles. The molecule has 1 heterocycles. The van der Waals surface area contributed by atoms with Crippen molar-refractivity contribution in [2.24, 2.45) is 5.92 Å². The van der Waals surface area contributed by atoms with Gasteiger partial charge >= 0.3 is 0 Å². The summed E-state index contributed by atoms with van der Waals surface area (Å²) in [6.45, 7) is 7.27. The number of nitrogens with one attached hydrogen (secondary N) is 1. The molecule has 1 aromatic rings. The van der Waals surface area contributed by atoms with Crippen molar-refractivity contribution in [1.82, 2.24) is 5.32 Å². The van der Waals surface area contributed by atoms with Crippen molar-refractivity contribution >= 4 is 17.3 Å². The van der Waals surface area contributed by atoms with Gasteiger partial charge in [-0.25, -0.2) is 0 Å². The predicted octanol–water partition coefficient (Wildman–Crippen LogP) is 2.66. The van der Waals surface area contributed by atoms with Gasteiger partial charge in [0.15, 0.2) is 0 Å². The van der Waals surface area contributed by atoms with Crippen LogP contribution in [0.15, 0.2) is 18.2 Å². The molecular formula is C15H23ClN2O. The minimum Gasteiger partial charge on any atom is -0.396 e. The van der Waals surface area contributed by atoms with Gasteiger partial charge in [0.2, 0.25) is 0 Å². The standard InChI is InChI=1S/C15H23ClN2O/c1-11(2)17-8-13-3-4-14(7-15(13)16)18-6-5-12(9-18)10-19/h3-4,7,11-12,17,19H,5-6,8-10H2,1-2H3. The van der Waals surface area contributed by atoms with Crippen molar-refractivity contribution in [1.29, 1.82) is 0 Å². The topological polar surface area (TPSA) is 35.5 Å². The van der Waals surface area contributed by atoms with Crippen molar-refractivity contribution in [2.45, 2.75) is 32.9 Å². The number of hydrogen-bond acceptors (Lipinski definition) is 3. The Balaban J connectivity index is 2.02. The zero-order valence-corrected chi connectivity index (χ0v) is 12.5. The summed E-state index contributed by atoms with van der Waals surface area (Å²) in [6, 6.07) is 6.72. The van der Waals surface area contributed by atoms with E-state index in [9.17, 15) is 5.11 Å². The molecule has 0 aromatic heterocycles. The summed E-state index contributed by atoms with van der Waals surface area (Å²) >= 11 is 6.35. The Hall–Kier alpha value is -0.770. The number of hydrogen-bond donors (Lipinski definition) is 2. The van der Waals surface area contributed by atoms with E-state index in [0.717, 1.165) is 42.3 Å². The van der Waals surface area contributed by atoms with Crippen LogP contribution in [0.3, 0.4) is 0 Å². The quantitative estimate of drug-likeness (QED) is 0.872. The lowest BCUT2D eigenvalue weighted by atomic mass is 10.1. The van der Waals surface area contributed by atoms with E-state index in [0.29, 0.717) is 12.0 Å². The van der Waals surface area contributed by atoms with Crippen LogP contribution in [-0.4, -0.2) is 30.8 Å². The highest BCUT2D eigenvalue weighted by Crippen LogP contribution is 2.28. The molecule has 1 aliphatic rings. The summed E-state index contributed by atoms with van der Waals surface area (Å²) in [5, 5.41) is 13.4. The highest BCUT2D eigenvalue weighted by Gasteiger charge is 2.22. The maximum Gasteiger partial charge on any atom is 0.0476 e. The van der Waals surface area contributed by atoms with Gasteiger partial charge in [0.1, 0.15) is 0 Å². The lowest BCUT2D eigenvalue weighted by Crippen LogP contribution is -2.22. The van der Waals surface area contributed by atoms with Crippen LogP contribution in [0.4, 0.5) is 5.69 Å². The van der Waals surface area contributed by atoms with Crippen molar-refractivity contribution in [2.75, 3.05) is 24.6 Å². The van der Waals surface area contributed by atoms with Gasteiger partial charge in [-0.1, -0.05) is 31.5 Å². The molecule has 2 rings (SSSR count). The fraction of sp³-hybridized carbons (Fsp3) is 0.600. The van der Waals surface area contributed by atoms with E-state index in [4.69, 9.17) is 11.6 Å². The fourth-order valence-electron chi connectivity index (χ4n) is 2.41. The molecule has 1 atom stereocenters. The van der Waals surface area contributed by atoms with Crippen molar-refractivity contribution in [3.8, 4) is 0 Å². The van der Waals surface area contributed by atoms with Gasteiger partial charge in [0.05, 0.1) is 0 Å². The van der Waals surface area contributed by atoms with E-state index in [1.165, 1.54) is 0 Å². The van der Waals surface area contributed by atoms with Crippen LogP contribution in [0.2, 0.25) is 5.02 Å². The van der Waals surface area contributed by atoms with Crippen LogP contribution < -0.4 is 10.2 Å². The van der Waals surface area contributed by atoms with E-state index in [1.54, 1.807) is 0 Å². The van der Waals surface area contributed by atoms with Crippen LogP contribution >= 0.6 is 11.6 Å². The molecule has 1 saturated heterocycles. The van der Waals surface area contributed by atoms with Gasteiger partial charge in [-0.3, -0.25) is 0 Å². The molecule has 0 amide bonds. The summed E-state index contributed by atoms with van der Waals surface area (Å²) in [5.41, 5.74) is 2.30. The molecule has 2 N–H and O–H groups in total. The SMILES string of the molecule is CC(C)NCc1ccc(N2CCC(CO)C2)cc1Cl. The van der Waals surface area contributed by atoms with Crippen molar-refractivity contribution in [3.05, 3.63) is 28.8 Å². The third kappa shape index (κ3) is 3.85. The van der Waals surface area contributed by atoms with Crippen LogP contribution in [0.25, 0.3) is 0 Å². The highest BCUT2D eigenvalue weighted by molar-refractivity contribution is 6.31. The third-order valence-corrected chi connectivity index (χ3v) is 4.00. The van der Waals surface area contributed by atoms with E-state index in [-0.39, 0.29) is 6.61 Å². The fourth-order valence-corrected chi connectivity index (χ4v) is 2.65. The molecule has 0 saturated carbocycles. The third-order valence-electron chi connectivity index (χ3n) is 3.65. The lowest BCUT2D eigenvalue weighted by Gasteiger charge is -2.20. The normalized spacial score (nSPS) is 19.4. The van der Waals surface area contributed by atoms with E-state index < -0.39 is 0 Å². The van der Waals surface area contributed by atoms with Gasteiger partial charge in [-0.15, -0.1) is 0 Å². The minimum atomic E-state index is 0.278. The first-order valence-corrected chi connectivity index (χ1v) is 7.35. The summed E-state index contributed by atoms with van der Waals surface area (Å²) < 4.78 is 0. The van der Waals surface area contributed by atoms with Gasteiger partial charge in [0.25, 0.3) is 0 Å². The zero-order chi connectivity index (χ0) is 13.8. The van der Waals surface area contributed by atoms with Crippen LogP contribution in [0.5, 0.6) is 0 Å². The number of anilines is 1. The molecule has 4 heteroatoms. The monoisotopic (exact) mass is 282 g/mol. The molecule has 0 radical (unpaired) electrons. The van der Waals surface area contributed by atoms with Gasteiger partial charge < -0.3 is 15.3 Å². The highest BCUT2D eigenvalue weighted by atomic mass is 35.5. The minimum absolute atomic E-state index is 0.278. The average Bonchev–Trinajstić information content (AvgIpc) is 2.85. The maximum absolute atomic E-state index is 9.19. The number of nitrogens with zero attached hydrogens (tertiary/aromatic N) is 1. The molecular weight excluding hydrogens is 260 g/mol. The van der Waals surface area contributed by atoms with E-state index >= 15 is 0 Å². The molecule has 0 spiro atoms. The Kier molecular flexibility index (Phi) is 5.08. The van der Waals surface area contributed by atoms with Crippen LogP contribution in [-0.2, 0) is 6.54 Å². The smallest absolute Gasteiger partial charge is 0.0476 e. The zero-order valence-electron chi connectivity index (χ0n) is 11.7. The van der Waals surface area contributed by atoms with Gasteiger partial charge in [-0.05, 0) is 24.1 Å².